The lowest BCUT2D eigenvalue weighted by molar-refractivity contribution is -0.137. The van der Waals surface area contributed by atoms with Gasteiger partial charge in [0.15, 0.2) is 0 Å². The lowest BCUT2D eigenvalue weighted by atomic mass is 9.93. The second-order valence-electron chi connectivity index (χ2n) is 8.54. The molecular formula is C23H35BrN2O3. The van der Waals surface area contributed by atoms with Gasteiger partial charge in [-0.15, -0.1) is 0 Å². The fourth-order valence-corrected chi connectivity index (χ4v) is 5.18. The van der Waals surface area contributed by atoms with Crippen LogP contribution in [0.4, 0.5) is 0 Å². The van der Waals surface area contributed by atoms with Crippen LogP contribution in [-0.2, 0) is 16.0 Å². The third-order valence-electron chi connectivity index (χ3n) is 6.36. The molecule has 2 saturated heterocycles. The minimum Gasteiger partial charge on any atom is -0.497 e. The molecule has 0 saturated carbocycles. The second kappa shape index (κ2) is 11.3. The molecule has 5 nitrogen and oxygen atoms in total. The highest BCUT2D eigenvalue weighted by molar-refractivity contribution is 9.10. The Morgan fingerprint density at radius 3 is 2.83 bits per heavy atom. The number of carbonyl (C=O) groups is 1. The Kier molecular flexibility index (Phi) is 8.82. The van der Waals surface area contributed by atoms with Crippen LogP contribution in [0.3, 0.4) is 0 Å². The van der Waals surface area contributed by atoms with Crippen LogP contribution in [-0.4, -0.2) is 69.3 Å². The van der Waals surface area contributed by atoms with E-state index in [1.165, 1.54) is 55.4 Å². The number of benzene rings is 1. The molecule has 162 valence electrons. The largest absolute Gasteiger partial charge is 0.497 e. The Bertz CT molecular complexity index is 670. The lowest BCUT2D eigenvalue weighted by Gasteiger charge is -2.33. The number of nitrogens with zero attached hydrogens (tertiary/aromatic N) is 2. The number of amides is 1. The Labute approximate surface area is 183 Å². The topological polar surface area (TPSA) is 42.0 Å². The van der Waals surface area contributed by atoms with Gasteiger partial charge in [-0.05, 0) is 87.2 Å². The van der Waals surface area contributed by atoms with Crippen LogP contribution in [0.15, 0.2) is 22.7 Å². The van der Waals surface area contributed by atoms with Crippen LogP contribution >= 0.6 is 15.9 Å². The van der Waals surface area contributed by atoms with Crippen LogP contribution in [0, 0.1) is 11.8 Å². The monoisotopic (exact) mass is 466 g/mol. The SMILES string of the molecule is COCC(=O)N1CCCC(CCCN2CCC(Cc3cc(OC)ccc3Br)C2)C1. The maximum absolute atomic E-state index is 12.1. The zero-order valence-corrected chi connectivity index (χ0v) is 19.5. The van der Waals surface area contributed by atoms with Crippen molar-refractivity contribution in [2.45, 2.75) is 38.5 Å². The fourth-order valence-electron chi connectivity index (χ4n) is 4.77. The summed E-state index contributed by atoms with van der Waals surface area (Å²) < 4.78 is 11.6. The van der Waals surface area contributed by atoms with Crippen molar-refractivity contribution < 1.29 is 14.3 Å². The van der Waals surface area contributed by atoms with Gasteiger partial charge in [0.25, 0.3) is 0 Å². The zero-order chi connectivity index (χ0) is 20.6. The minimum atomic E-state index is 0.142. The van der Waals surface area contributed by atoms with E-state index >= 15 is 0 Å². The molecule has 6 heteroatoms. The van der Waals surface area contributed by atoms with E-state index in [1.54, 1.807) is 14.2 Å². The van der Waals surface area contributed by atoms with E-state index in [-0.39, 0.29) is 12.5 Å². The van der Waals surface area contributed by atoms with Crippen molar-refractivity contribution in [2.24, 2.45) is 11.8 Å². The number of methoxy groups -OCH3 is 2. The third-order valence-corrected chi connectivity index (χ3v) is 7.13. The highest BCUT2D eigenvalue weighted by Crippen LogP contribution is 2.29. The molecular weight excluding hydrogens is 432 g/mol. The molecule has 1 amide bonds. The van der Waals surface area contributed by atoms with E-state index in [2.05, 4.69) is 33.0 Å². The fraction of sp³-hybridized carbons (Fsp3) is 0.696. The molecule has 0 aliphatic carbocycles. The molecule has 29 heavy (non-hydrogen) atoms. The normalized spacial score (nSPS) is 22.8. The average Bonchev–Trinajstić information content (AvgIpc) is 3.17. The van der Waals surface area contributed by atoms with E-state index in [0.717, 1.165) is 37.6 Å². The van der Waals surface area contributed by atoms with Gasteiger partial charge in [-0.2, -0.15) is 0 Å². The van der Waals surface area contributed by atoms with Crippen LogP contribution in [0.5, 0.6) is 5.75 Å². The molecule has 1 aromatic rings. The van der Waals surface area contributed by atoms with Crippen LogP contribution in [0.1, 0.15) is 37.7 Å². The van der Waals surface area contributed by atoms with Gasteiger partial charge in [0.1, 0.15) is 12.4 Å². The van der Waals surface area contributed by atoms with Crippen molar-refractivity contribution in [3.05, 3.63) is 28.2 Å². The van der Waals surface area contributed by atoms with Gasteiger partial charge in [0, 0.05) is 31.2 Å². The lowest BCUT2D eigenvalue weighted by Crippen LogP contribution is -2.41. The Balaban J connectivity index is 1.38. The summed E-state index contributed by atoms with van der Waals surface area (Å²) in [7, 11) is 3.32. The summed E-state index contributed by atoms with van der Waals surface area (Å²) in [4.78, 5) is 16.7. The summed E-state index contributed by atoms with van der Waals surface area (Å²) in [5.74, 6) is 2.44. The van der Waals surface area contributed by atoms with E-state index in [9.17, 15) is 4.79 Å². The second-order valence-corrected chi connectivity index (χ2v) is 9.39. The van der Waals surface area contributed by atoms with Crippen molar-refractivity contribution in [2.75, 3.05) is 53.6 Å². The summed E-state index contributed by atoms with van der Waals surface area (Å²) in [6.07, 6.45) is 7.20. The van der Waals surface area contributed by atoms with Crippen molar-refractivity contribution in [3.8, 4) is 5.75 Å². The smallest absolute Gasteiger partial charge is 0.248 e. The molecule has 2 heterocycles. The number of likely N-dealkylation sites (tertiary alicyclic amines) is 2. The average molecular weight is 467 g/mol. The quantitative estimate of drug-likeness (QED) is 0.551. The molecule has 0 spiro atoms. The highest BCUT2D eigenvalue weighted by atomic mass is 79.9. The number of hydrogen-bond donors (Lipinski definition) is 0. The number of ether oxygens (including phenoxy) is 2. The number of halogens is 1. The molecule has 2 fully saturated rings. The van der Waals surface area contributed by atoms with Gasteiger partial charge in [0.05, 0.1) is 7.11 Å². The van der Waals surface area contributed by atoms with E-state index < -0.39 is 0 Å². The van der Waals surface area contributed by atoms with Gasteiger partial charge in [-0.1, -0.05) is 15.9 Å². The van der Waals surface area contributed by atoms with Gasteiger partial charge in [0.2, 0.25) is 5.91 Å². The first kappa shape index (κ1) is 22.6. The minimum absolute atomic E-state index is 0.142. The van der Waals surface area contributed by atoms with Crippen molar-refractivity contribution >= 4 is 21.8 Å². The van der Waals surface area contributed by atoms with E-state index in [4.69, 9.17) is 9.47 Å². The third kappa shape index (κ3) is 6.69. The molecule has 2 aliphatic rings. The van der Waals surface area contributed by atoms with Crippen molar-refractivity contribution in [1.29, 1.82) is 0 Å². The first-order valence-electron chi connectivity index (χ1n) is 10.9. The molecule has 0 aromatic heterocycles. The summed E-state index contributed by atoms with van der Waals surface area (Å²) >= 11 is 3.69. The summed E-state index contributed by atoms with van der Waals surface area (Å²) in [5.41, 5.74) is 1.35. The summed E-state index contributed by atoms with van der Waals surface area (Å²) in [5, 5.41) is 0. The number of hydrogen-bond acceptors (Lipinski definition) is 4. The van der Waals surface area contributed by atoms with Crippen molar-refractivity contribution in [1.82, 2.24) is 9.80 Å². The highest BCUT2D eigenvalue weighted by Gasteiger charge is 2.25. The molecule has 0 radical (unpaired) electrons. The Morgan fingerprint density at radius 1 is 1.17 bits per heavy atom. The maximum Gasteiger partial charge on any atom is 0.248 e. The predicted octanol–water partition coefficient (Wildman–Crippen LogP) is 3.99. The maximum atomic E-state index is 12.1. The summed E-state index contributed by atoms with van der Waals surface area (Å²) in [6, 6.07) is 6.25. The van der Waals surface area contributed by atoms with Gasteiger partial charge in [-0.25, -0.2) is 0 Å². The first-order valence-corrected chi connectivity index (χ1v) is 11.7. The zero-order valence-electron chi connectivity index (χ0n) is 17.9. The Morgan fingerprint density at radius 2 is 2.03 bits per heavy atom. The van der Waals surface area contributed by atoms with E-state index in [1.807, 2.05) is 11.0 Å². The molecule has 0 N–H and O–H groups in total. The standard InChI is InChI=1S/C23H35BrN2O3/c1-28-17-23(27)26-11-4-6-18(16-26)5-3-10-25-12-9-19(15-25)13-20-14-21(29-2)7-8-22(20)24/h7-8,14,18-19H,3-6,9-13,15-17H2,1-2H3. The number of piperidine rings is 1. The number of carbonyl (C=O) groups excluding carboxylic acids is 1. The predicted molar refractivity (Wildman–Crippen MR) is 119 cm³/mol. The van der Waals surface area contributed by atoms with Gasteiger partial charge < -0.3 is 19.3 Å². The van der Waals surface area contributed by atoms with Crippen LogP contribution < -0.4 is 4.74 Å². The molecule has 1 aromatic carbocycles. The Hall–Kier alpha value is -1.11. The number of rotatable bonds is 9. The van der Waals surface area contributed by atoms with Gasteiger partial charge >= 0.3 is 0 Å². The first-order chi connectivity index (χ1) is 14.1. The van der Waals surface area contributed by atoms with Gasteiger partial charge in [-0.3, -0.25) is 4.79 Å². The van der Waals surface area contributed by atoms with Crippen LogP contribution in [0.2, 0.25) is 0 Å². The molecule has 0 bridgehead atoms. The van der Waals surface area contributed by atoms with Crippen molar-refractivity contribution in [3.63, 3.8) is 0 Å². The molecule has 2 atom stereocenters. The molecule has 2 aliphatic heterocycles. The summed E-state index contributed by atoms with van der Waals surface area (Å²) in [6.45, 7) is 5.59. The molecule has 3 rings (SSSR count). The van der Waals surface area contributed by atoms with E-state index in [0.29, 0.717) is 5.92 Å². The van der Waals surface area contributed by atoms with Crippen LogP contribution in [0.25, 0.3) is 0 Å². The molecule has 2 unspecified atom stereocenters.